The van der Waals surface area contributed by atoms with Gasteiger partial charge >= 0.3 is 0 Å². The molecule has 1 amide bonds. The molecule has 1 saturated heterocycles. The van der Waals surface area contributed by atoms with Gasteiger partial charge in [-0.05, 0) is 49.4 Å². The molecule has 1 aromatic heterocycles. The topological polar surface area (TPSA) is 36.4 Å². The molecule has 0 aliphatic carbocycles. The van der Waals surface area contributed by atoms with Gasteiger partial charge in [0.1, 0.15) is 5.69 Å². The molecule has 0 N–H and O–H groups in total. The number of nitrogens with zero attached hydrogens (tertiary/aromatic N) is 3. The van der Waals surface area contributed by atoms with Crippen LogP contribution in [0.15, 0.2) is 42.6 Å². The van der Waals surface area contributed by atoms with Gasteiger partial charge in [0.25, 0.3) is 5.91 Å². The Balaban J connectivity index is 1.53. The summed E-state index contributed by atoms with van der Waals surface area (Å²) >= 11 is 0. The van der Waals surface area contributed by atoms with Crippen molar-refractivity contribution in [3.63, 3.8) is 0 Å². The molecule has 2 aliphatic rings. The molecule has 1 fully saturated rings. The third-order valence-electron chi connectivity index (χ3n) is 4.82. The van der Waals surface area contributed by atoms with Gasteiger partial charge in [0.05, 0.1) is 11.9 Å². The number of pyridine rings is 1. The van der Waals surface area contributed by atoms with Crippen molar-refractivity contribution in [3.05, 3.63) is 53.9 Å². The number of carbonyl (C=O) groups excluding carboxylic acids is 1. The van der Waals surface area contributed by atoms with E-state index in [1.165, 1.54) is 24.8 Å². The van der Waals surface area contributed by atoms with Crippen LogP contribution in [0, 0.1) is 0 Å². The Morgan fingerprint density at radius 3 is 2.57 bits per heavy atom. The van der Waals surface area contributed by atoms with E-state index in [0.717, 1.165) is 37.4 Å². The quantitative estimate of drug-likeness (QED) is 0.854. The third kappa shape index (κ3) is 2.69. The van der Waals surface area contributed by atoms with Crippen LogP contribution in [0.2, 0.25) is 0 Å². The largest absolute Gasteiger partial charge is 0.370 e. The molecule has 0 saturated carbocycles. The first kappa shape index (κ1) is 14.2. The molecule has 2 aliphatic heterocycles. The molecule has 3 heterocycles. The summed E-state index contributed by atoms with van der Waals surface area (Å²) in [4.78, 5) is 21.4. The first-order chi connectivity index (χ1) is 11.3. The normalized spacial score (nSPS) is 17.2. The Hall–Kier alpha value is -2.36. The van der Waals surface area contributed by atoms with Crippen molar-refractivity contribution in [2.75, 3.05) is 29.4 Å². The Morgan fingerprint density at radius 1 is 0.957 bits per heavy atom. The molecule has 0 radical (unpaired) electrons. The SMILES string of the molecule is O=C(c1ccc(N2CCCCC2)cn1)N1CCc2ccccc21. The number of para-hydroxylation sites is 1. The van der Waals surface area contributed by atoms with Crippen LogP contribution in [0.1, 0.15) is 35.3 Å². The molecular formula is C19H21N3O. The first-order valence-corrected chi connectivity index (χ1v) is 8.44. The van der Waals surface area contributed by atoms with Crippen molar-refractivity contribution >= 4 is 17.3 Å². The lowest BCUT2D eigenvalue weighted by molar-refractivity contribution is 0.0984. The van der Waals surface area contributed by atoms with Gasteiger partial charge in [-0.15, -0.1) is 0 Å². The molecule has 4 nitrogen and oxygen atoms in total. The molecule has 0 spiro atoms. The van der Waals surface area contributed by atoms with E-state index in [1.54, 1.807) is 0 Å². The van der Waals surface area contributed by atoms with Gasteiger partial charge in [-0.2, -0.15) is 0 Å². The second-order valence-electron chi connectivity index (χ2n) is 6.28. The Morgan fingerprint density at radius 2 is 1.78 bits per heavy atom. The fraction of sp³-hybridized carbons (Fsp3) is 0.368. The molecular weight excluding hydrogens is 286 g/mol. The number of rotatable bonds is 2. The molecule has 2 aromatic rings. The predicted molar refractivity (Wildman–Crippen MR) is 92.1 cm³/mol. The molecule has 1 aromatic carbocycles. The number of piperidine rings is 1. The first-order valence-electron chi connectivity index (χ1n) is 8.44. The summed E-state index contributed by atoms with van der Waals surface area (Å²) in [6, 6.07) is 12.0. The predicted octanol–water partition coefficient (Wildman–Crippen LogP) is 3.27. The van der Waals surface area contributed by atoms with E-state index in [9.17, 15) is 4.79 Å². The summed E-state index contributed by atoms with van der Waals surface area (Å²) in [6.45, 7) is 2.93. The number of hydrogen-bond donors (Lipinski definition) is 0. The van der Waals surface area contributed by atoms with Crippen LogP contribution >= 0.6 is 0 Å². The van der Waals surface area contributed by atoms with Gasteiger partial charge in [0.15, 0.2) is 0 Å². The van der Waals surface area contributed by atoms with Crippen molar-refractivity contribution in [2.45, 2.75) is 25.7 Å². The van der Waals surface area contributed by atoms with Crippen LogP contribution in [-0.2, 0) is 6.42 Å². The number of benzene rings is 1. The Labute approximate surface area is 136 Å². The van der Waals surface area contributed by atoms with Gasteiger partial charge in [0, 0.05) is 25.3 Å². The van der Waals surface area contributed by atoms with Gasteiger partial charge in [-0.3, -0.25) is 4.79 Å². The maximum atomic E-state index is 12.7. The second-order valence-corrected chi connectivity index (χ2v) is 6.28. The van der Waals surface area contributed by atoms with E-state index in [0.29, 0.717) is 5.69 Å². The summed E-state index contributed by atoms with van der Waals surface area (Å²) in [7, 11) is 0. The number of fused-ring (bicyclic) bond motifs is 1. The minimum Gasteiger partial charge on any atom is -0.370 e. The number of anilines is 2. The summed E-state index contributed by atoms with van der Waals surface area (Å²) in [5, 5.41) is 0. The zero-order valence-electron chi connectivity index (χ0n) is 13.2. The second kappa shape index (κ2) is 6.03. The van der Waals surface area contributed by atoms with E-state index in [1.807, 2.05) is 41.4 Å². The summed E-state index contributed by atoms with van der Waals surface area (Å²) < 4.78 is 0. The summed E-state index contributed by atoms with van der Waals surface area (Å²) in [6.07, 6.45) is 6.57. The fourth-order valence-corrected chi connectivity index (χ4v) is 3.54. The van der Waals surface area contributed by atoms with Crippen molar-refractivity contribution in [1.29, 1.82) is 0 Å². The molecule has 4 heteroatoms. The number of carbonyl (C=O) groups is 1. The fourth-order valence-electron chi connectivity index (χ4n) is 3.54. The maximum Gasteiger partial charge on any atom is 0.276 e. The van der Waals surface area contributed by atoms with E-state index >= 15 is 0 Å². The van der Waals surface area contributed by atoms with E-state index in [2.05, 4.69) is 16.0 Å². The number of hydrogen-bond acceptors (Lipinski definition) is 3. The zero-order chi connectivity index (χ0) is 15.6. The van der Waals surface area contributed by atoms with Crippen molar-refractivity contribution < 1.29 is 4.79 Å². The lowest BCUT2D eigenvalue weighted by Crippen LogP contribution is -2.31. The van der Waals surface area contributed by atoms with Crippen molar-refractivity contribution in [3.8, 4) is 0 Å². The smallest absolute Gasteiger partial charge is 0.276 e. The van der Waals surface area contributed by atoms with E-state index in [4.69, 9.17) is 0 Å². The van der Waals surface area contributed by atoms with Gasteiger partial charge < -0.3 is 9.80 Å². The average Bonchev–Trinajstić information content (AvgIpc) is 3.06. The summed E-state index contributed by atoms with van der Waals surface area (Å²) in [5.41, 5.74) is 3.93. The Bertz CT molecular complexity index is 705. The van der Waals surface area contributed by atoms with E-state index < -0.39 is 0 Å². The third-order valence-corrected chi connectivity index (χ3v) is 4.82. The van der Waals surface area contributed by atoms with Gasteiger partial charge in [-0.25, -0.2) is 4.98 Å². The average molecular weight is 307 g/mol. The number of aromatic nitrogens is 1. The number of amides is 1. The lowest BCUT2D eigenvalue weighted by Gasteiger charge is -2.28. The highest BCUT2D eigenvalue weighted by Gasteiger charge is 2.26. The van der Waals surface area contributed by atoms with Crippen LogP contribution in [0.3, 0.4) is 0 Å². The highest BCUT2D eigenvalue weighted by Crippen LogP contribution is 2.29. The van der Waals surface area contributed by atoms with Gasteiger partial charge in [0.2, 0.25) is 0 Å². The molecule has 118 valence electrons. The van der Waals surface area contributed by atoms with E-state index in [-0.39, 0.29) is 5.91 Å². The van der Waals surface area contributed by atoms with Crippen LogP contribution < -0.4 is 9.80 Å². The van der Waals surface area contributed by atoms with Crippen LogP contribution in [0.4, 0.5) is 11.4 Å². The standard InChI is InChI=1S/C19H21N3O/c23-19(22-13-10-15-6-2-3-7-18(15)22)17-9-8-16(14-20-17)21-11-4-1-5-12-21/h2-3,6-9,14H,1,4-5,10-13H2. The van der Waals surface area contributed by atoms with Gasteiger partial charge in [-0.1, -0.05) is 18.2 Å². The lowest BCUT2D eigenvalue weighted by atomic mass is 10.1. The zero-order valence-corrected chi connectivity index (χ0v) is 13.2. The Kier molecular flexibility index (Phi) is 3.74. The monoisotopic (exact) mass is 307 g/mol. The molecule has 0 atom stereocenters. The van der Waals surface area contributed by atoms with Crippen LogP contribution in [0.5, 0.6) is 0 Å². The van der Waals surface area contributed by atoms with Crippen LogP contribution in [-0.4, -0.2) is 30.5 Å². The molecule has 0 unspecified atom stereocenters. The highest BCUT2D eigenvalue weighted by atomic mass is 16.2. The summed E-state index contributed by atoms with van der Waals surface area (Å²) in [5.74, 6) is 0.000133. The maximum absolute atomic E-state index is 12.7. The van der Waals surface area contributed by atoms with Crippen molar-refractivity contribution in [2.24, 2.45) is 0 Å². The van der Waals surface area contributed by atoms with Crippen molar-refractivity contribution in [1.82, 2.24) is 4.98 Å². The minimum absolute atomic E-state index is 0.000133. The minimum atomic E-state index is 0.000133. The molecule has 23 heavy (non-hydrogen) atoms. The van der Waals surface area contributed by atoms with Crippen LogP contribution in [0.25, 0.3) is 0 Å². The molecule has 0 bridgehead atoms. The molecule has 4 rings (SSSR count). The highest BCUT2D eigenvalue weighted by molar-refractivity contribution is 6.06.